The fourth-order valence-corrected chi connectivity index (χ4v) is 3.53. The van der Waals surface area contributed by atoms with Gasteiger partial charge in [-0.25, -0.2) is 9.13 Å². The van der Waals surface area contributed by atoms with E-state index in [-0.39, 0.29) is 0 Å². The predicted molar refractivity (Wildman–Crippen MR) is 107 cm³/mol. The van der Waals surface area contributed by atoms with Gasteiger partial charge in [-0.3, -0.25) is 0 Å². The quantitative estimate of drug-likeness (QED) is 0.319. The van der Waals surface area contributed by atoms with Crippen LogP contribution in [0, 0.1) is 6.92 Å². The molecule has 0 bridgehead atoms. The zero-order chi connectivity index (χ0) is 17.7. The molecule has 2 rings (SSSR count). The molecule has 2 aromatic rings. The van der Waals surface area contributed by atoms with Gasteiger partial charge in [-0.2, -0.15) is 0 Å². The molecule has 1 aromatic carbocycles. The van der Waals surface area contributed by atoms with Gasteiger partial charge in [0.1, 0.15) is 12.4 Å². The first-order chi connectivity index (χ1) is 12.3. The number of aromatic nitrogens is 2. The molecular formula is C23H37N2+. The molecule has 0 saturated heterocycles. The second-order valence-electron chi connectivity index (χ2n) is 7.30. The summed E-state index contributed by atoms with van der Waals surface area (Å²) in [6, 6.07) is 10.8. The van der Waals surface area contributed by atoms with Crippen LogP contribution >= 0.6 is 0 Å². The maximum Gasteiger partial charge on any atom is 0.253 e. The van der Waals surface area contributed by atoms with Crippen molar-refractivity contribution < 1.29 is 4.57 Å². The summed E-state index contributed by atoms with van der Waals surface area (Å²) in [6.45, 7) is 6.83. The lowest BCUT2D eigenvalue weighted by molar-refractivity contribution is -0.702. The third-order valence-electron chi connectivity index (χ3n) is 5.22. The van der Waals surface area contributed by atoms with Crippen LogP contribution in [0.3, 0.4) is 0 Å². The molecule has 0 spiro atoms. The maximum atomic E-state index is 2.43. The minimum atomic E-state index is 1.12. The standard InChI is InChI=1S/C23H37N2/c1-3-4-5-6-7-8-9-13-18-24-20-21-25(22(24)2)19-14-17-23-15-11-10-12-16-23/h10-12,15-16,20-21H,3-9,13-14,17-19H2,1-2H3/q+1. The Morgan fingerprint density at radius 2 is 1.52 bits per heavy atom. The smallest absolute Gasteiger partial charge is 0.234 e. The Bertz CT molecular complexity index is 571. The molecule has 0 unspecified atom stereocenters. The minimum Gasteiger partial charge on any atom is -0.234 e. The number of imidazole rings is 1. The van der Waals surface area contributed by atoms with E-state index in [4.69, 9.17) is 0 Å². The van der Waals surface area contributed by atoms with Crippen LogP contribution in [-0.4, -0.2) is 4.57 Å². The summed E-state index contributed by atoms with van der Waals surface area (Å²) < 4.78 is 4.84. The van der Waals surface area contributed by atoms with Gasteiger partial charge >= 0.3 is 0 Å². The van der Waals surface area contributed by atoms with Crippen LogP contribution in [0.2, 0.25) is 0 Å². The minimum absolute atomic E-state index is 1.12. The van der Waals surface area contributed by atoms with Gasteiger partial charge in [-0.15, -0.1) is 0 Å². The first-order valence-corrected chi connectivity index (χ1v) is 10.4. The Balaban J connectivity index is 1.61. The molecule has 0 amide bonds. The van der Waals surface area contributed by atoms with Gasteiger partial charge in [0.25, 0.3) is 5.82 Å². The fourth-order valence-electron chi connectivity index (χ4n) is 3.53. The predicted octanol–water partition coefficient (Wildman–Crippen LogP) is 5.86. The molecular weight excluding hydrogens is 304 g/mol. The molecule has 1 aromatic heterocycles. The lowest BCUT2D eigenvalue weighted by Gasteiger charge is -2.03. The largest absolute Gasteiger partial charge is 0.253 e. The SMILES string of the molecule is CCCCCCCCCCn1cc[n+](CCCc2ccccc2)c1C. The number of unbranched alkanes of at least 4 members (excludes halogenated alkanes) is 7. The van der Waals surface area contributed by atoms with Gasteiger partial charge in [0.2, 0.25) is 0 Å². The molecule has 0 aliphatic carbocycles. The molecule has 25 heavy (non-hydrogen) atoms. The van der Waals surface area contributed by atoms with Gasteiger partial charge in [0.05, 0.1) is 13.1 Å². The van der Waals surface area contributed by atoms with Crippen molar-refractivity contribution in [2.45, 2.75) is 91.1 Å². The van der Waals surface area contributed by atoms with Gasteiger partial charge in [-0.05, 0) is 31.2 Å². The van der Waals surface area contributed by atoms with Crippen molar-refractivity contribution in [3.63, 3.8) is 0 Å². The summed E-state index contributed by atoms with van der Waals surface area (Å²) in [7, 11) is 0. The number of rotatable bonds is 13. The molecule has 0 aliphatic rings. The van der Waals surface area contributed by atoms with Crippen molar-refractivity contribution in [2.75, 3.05) is 0 Å². The number of hydrogen-bond donors (Lipinski definition) is 0. The van der Waals surface area contributed by atoms with Gasteiger partial charge in [0, 0.05) is 6.92 Å². The van der Waals surface area contributed by atoms with Crippen LogP contribution in [0.4, 0.5) is 0 Å². The number of benzene rings is 1. The monoisotopic (exact) mass is 341 g/mol. The number of aryl methyl sites for hydroxylation is 3. The Hall–Kier alpha value is -1.57. The van der Waals surface area contributed by atoms with Crippen molar-refractivity contribution in [1.82, 2.24) is 4.57 Å². The summed E-state index contributed by atoms with van der Waals surface area (Å²) in [5.41, 5.74) is 1.44. The summed E-state index contributed by atoms with van der Waals surface area (Å²) in [4.78, 5) is 0. The van der Waals surface area contributed by atoms with Crippen molar-refractivity contribution in [1.29, 1.82) is 0 Å². The normalized spacial score (nSPS) is 11.1. The van der Waals surface area contributed by atoms with Crippen LogP contribution in [0.25, 0.3) is 0 Å². The topological polar surface area (TPSA) is 8.81 Å². The van der Waals surface area contributed by atoms with Gasteiger partial charge in [-0.1, -0.05) is 75.8 Å². The second-order valence-corrected chi connectivity index (χ2v) is 7.30. The van der Waals surface area contributed by atoms with E-state index in [1.165, 1.54) is 75.7 Å². The average molecular weight is 342 g/mol. The van der Waals surface area contributed by atoms with E-state index in [9.17, 15) is 0 Å². The van der Waals surface area contributed by atoms with Gasteiger partial charge in [0.15, 0.2) is 0 Å². The maximum absolute atomic E-state index is 2.43. The zero-order valence-electron chi connectivity index (χ0n) is 16.4. The van der Waals surface area contributed by atoms with Crippen molar-refractivity contribution >= 4 is 0 Å². The van der Waals surface area contributed by atoms with Crippen LogP contribution in [0.5, 0.6) is 0 Å². The third-order valence-corrected chi connectivity index (χ3v) is 5.22. The van der Waals surface area contributed by atoms with E-state index in [1.54, 1.807) is 0 Å². The molecule has 0 radical (unpaired) electrons. The zero-order valence-corrected chi connectivity index (χ0v) is 16.4. The third kappa shape index (κ3) is 7.46. The number of hydrogen-bond acceptors (Lipinski definition) is 0. The highest BCUT2D eigenvalue weighted by Gasteiger charge is 2.11. The Morgan fingerprint density at radius 3 is 2.24 bits per heavy atom. The van der Waals surface area contributed by atoms with Crippen LogP contribution in [-0.2, 0) is 19.5 Å². The Kier molecular flexibility index (Phi) is 9.40. The Labute approximate surface area is 154 Å². The van der Waals surface area contributed by atoms with E-state index < -0.39 is 0 Å². The average Bonchev–Trinajstić information content (AvgIpc) is 2.98. The summed E-state index contributed by atoms with van der Waals surface area (Å²) >= 11 is 0. The first-order valence-electron chi connectivity index (χ1n) is 10.4. The van der Waals surface area contributed by atoms with Crippen molar-refractivity contribution in [2.24, 2.45) is 0 Å². The highest BCUT2D eigenvalue weighted by molar-refractivity contribution is 5.14. The molecule has 2 heteroatoms. The molecule has 0 saturated carbocycles. The number of nitrogens with zero attached hydrogens (tertiary/aromatic N) is 2. The van der Waals surface area contributed by atoms with E-state index in [2.05, 4.69) is 65.7 Å². The summed E-state index contributed by atoms with van der Waals surface area (Å²) in [5.74, 6) is 1.40. The van der Waals surface area contributed by atoms with E-state index in [0.29, 0.717) is 0 Å². The lowest BCUT2D eigenvalue weighted by Crippen LogP contribution is -2.35. The molecule has 0 atom stereocenters. The Morgan fingerprint density at radius 1 is 0.840 bits per heavy atom. The summed E-state index contributed by atoms with van der Waals surface area (Å²) in [5, 5.41) is 0. The van der Waals surface area contributed by atoms with Crippen molar-refractivity contribution in [3.05, 3.63) is 54.1 Å². The van der Waals surface area contributed by atoms with Crippen LogP contribution in [0.1, 0.15) is 76.1 Å². The van der Waals surface area contributed by atoms with Crippen LogP contribution < -0.4 is 4.57 Å². The highest BCUT2D eigenvalue weighted by Crippen LogP contribution is 2.09. The molecule has 1 heterocycles. The van der Waals surface area contributed by atoms with E-state index in [1.807, 2.05) is 0 Å². The van der Waals surface area contributed by atoms with Crippen LogP contribution in [0.15, 0.2) is 42.7 Å². The summed E-state index contributed by atoms with van der Waals surface area (Å²) in [6.07, 6.45) is 18.0. The first kappa shape index (κ1) is 19.8. The fraction of sp³-hybridized carbons (Fsp3) is 0.609. The van der Waals surface area contributed by atoms with E-state index in [0.717, 1.165) is 13.0 Å². The van der Waals surface area contributed by atoms with Gasteiger partial charge < -0.3 is 0 Å². The molecule has 2 nitrogen and oxygen atoms in total. The molecule has 138 valence electrons. The lowest BCUT2D eigenvalue weighted by atomic mass is 10.1. The molecule has 0 fully saturated rings. The van der Waals surface area contributed by atoms with Crippen molar-refractivity contribution in [3.8, 4) is 0 Å². The molecule has 0 aliphatic heterocycles. The van der Waals surface area contributed by atoms with E-state index >= 15 is 0 Å². The second kappa shape index (κ2) is 11.9. The molecule has 0 N–H and O–H groups in total. The highest BCUT2D eigenvalue weighted by atomic mass is 15.1.